The summed E-state index contributed by atoms with van der Waals surface area (Å²) in [6.07, 6.45) is 0. The van der Waals surface area contributed by atoms with Crippen molar-refractivity contribution in [3.05, 3.63) is 29.8 Å². The molecule has 0 unspecified atom stereocenters. The Balaban J connectivity index is 1.84. The molecule has 1 amide bonds. The van der Waals surface area contributed by atoms with Crippen LogP contribution in [0, 0.1) is 0 Å². The summed E-state index contributed by atoms with van der Waals surface area (Å²) in [5.41, 5.74) is 0.631. The molecule has 0 aliphatic carbocycles. The summed E-state index contributed by atoms with van der Waals surface area (Å²) in [5, 5.41) is 0. The highest BCUT2D eigenvalue weighted by atomic mass is 16.5. The zero-order valence-corrected chi connectivity index (χ0v) is 10.9. The van der Waals surface area contributed by atoms with E-state index in [0.29, 0.717) is 37.6 Å². The molecule has 1 aromatic carbocycles. The third-order valence-corrected chi connectivity index (χ3v) is 2.99. The quantitative estimate of drug-likeness (QED) is 0.764. The molecule has 1 heterocycles. The third kappa shape index (κ3) is 3.79. The van der Waals surface area contributed by atoms with Crippen LogP contribution in [0.5, 0.6) is 5.75 Å². The van der Waals surface area contributed by atoms with Crippen LogP contribution < -0.4 is 4.74 Å². The van der Waals surface area contributed by atoms with E-state index in [1.807, 2.05) is 0 Å². The Morgan fingerprint density at radius 3 is 2.42 bits per heavy atom. The lowest BCUT2D eigenvalue weighted by molar-refractivity contribution is -0.137. The summed E-state index contributed by atoms with van der Waals surface area (Å²) in [6.45, 7) is 3.92. The van der Waals surface area contributed by atoms with Gasteiger partial charge in [0.15, 0.2) is 12.4 Å². The van der Waals surface area contributed by atoms with E-state index in [0.717, 1.165) is 0 Å². The minimum Gasteiger partial charge on any atom is -0.484 e. The van der Waals surface area contributed by atoms with Crippen molar-refractivity contribution in [1.82, 2.24) is 4.90 Å². The molecular weight excluding hydrogens is 246 g/mol. The number of ketones is 1. The molecule has 1 fully saturated rings. The van der Waals surface area contributed by atoms with Gasteiger partial charge in [-0.05, 0) is 31.2 Å². The predicted octanol–water partition coefficient (Wildman–Crippen LogP) is 1.13. The number of rotatable bonds is 4. The molecule has 0 atom stereocenters. The van der Waals surface area contributed by atoms with Gasteiger partial charge in [0.1, 0.15) is 5.75 Å². The molecule has 0 radical (unpaired) electrons. The van der Waals surface area contributed by atoms with Crippen molar-refractivity contribution in [2.75, 3.05) is 32.9 Å². The molecule has 1 aliphatic heterocycles. The molecule has 0 bridgehead atoms. The van der Waals surface area contributed by atoms with Crippen LogP contribution in [-0.4, -0.2) is 49.5 Å². The molecule has 0 saturated carbocycles. The van der Waals surface area contributed by atoms with E-state index in [-0.39, 0.29) is 18.3 Å². The van der Waals surface area contributed by atoms with E-state index in [1.54, 1.807) is 29.2 Å². The van der Waals surface area contributed by atoms with Crippen molar-refractivity contribution >= 4 is 11.7 Å². The van der Waals surface area contributed by atoms with E-state index in [9.17, 15) is 9.59 Å². The van der Waals surface area contributed by atoms with Gasteiger partial charge in [0, 0.05) is 18.7 Å². The second kappa shape index (κ2) is 6.33. The summed E-state index contributed by atoms with van der Waals surface area (Å²) in [7, 11) is 0. The molecule has 0 N–H and O–H groups in total. The summed E-state index contributed by atoms with van der Waals surface area (Å²) in [5.74, 6) is 0.557. The molecule has 2 rings (SSSR count). The average Bonchev–Trinajstić information content (AvgIpc) is 2.46. The number of hydrogen-bond acceptors (Lipinski definition) is 4. The highest BCUT2D eigenvalue weighted by molar-refractivity contribution is 5.94. The van der Waals surface area contributed by atoms with Crippen molar-refractivity contribution < 1.29 is 19.1 Å². The minimum absolute atomic E-state index is 0.0101. The molecule has 1 aromatic rings. The third-order valence-electron chi connectivity index (χ3n) is 2.99. The number of ether oxygens (including phenoxy) is 2. The topological polar surface area (TPSA) is 55.8 Å². The van der Waals surface area contributed by atoms with Crippen LogP contribution in [0.3, 0.4) is 0 Å². The van der Waals surface area contributed by atoms with Gasteiger partial charge in [-0.25, -0.2) is 0 Å². The zero-order valence-electron chi connectivity index (χ0n) is 10.9. The van der Waals surface area contributed by atoms with Crippen LogP contribution in [-0.2, 0) is 9.53 Å². The Morgan fingerprint density at radius 1 is 1.21 bits per heavy atom. The second-order valence-corrected chi connectivity index (χ2v) is 4.36. The van der Waals surface area contributed by atoms with Gasteiger partial charge in [-0.15, -0.1) is 0 Å². The summed E-state index contributed by atoms with van der Waals surface area (Å²) in [6, 6.07) is 6.78. The Morgan fingerprint density at radius 2 is 1.84 bits per heavy atom. The Hall–Kier alpha value is -1.88. The lowest BCUT2D eigenvalue weighted by atomic mass is 10.1. The predicted molar refractivity (Wildman–Crippen MR) is 69.3 cm³/mol. The van der Waals surface area contributed by atoms with E-state index < -0.39 is 0 Å². The molecule has 0 aromatic heterocycles. The number of hydrogen-bond donors (Lipinski definition) is 0. The number of carbonyl (C=O) groups is 2. The Labute approximate surface area is 112 Å². The fourth-order valence-electron chi connectivity index (χ4n) is 1.83. The van der Waals surface area contributed by atoms with Gasteiger partial charge in [-0.2, -0.15) is 0 Å². The first-order valence-corrected chi connectivity index (χ1v) is 6.26. The van der Waals surface area contributed by atoms with Gasteiger partial charge in [-0.1, -0.05) is 0 Å². The molecule has 5 nitrogen and oxygen atoms in total. The van der Waals surface area contributed by atoms with Gasteiger partial charge in [-0.3, -0.25) is 9.59 Å². The van der Waals surface area contributed by atoms with Crippen LogP contribution in [0.1, 0.15) is 17.3 Å². The number of carbonyl (C=O) groups excluding carboxylic acids is 2. The van der Waals surface area contributed by atoms with Crippen molar-refractivity contribution in [2.45, 2.75) is 6.92 Å². The lowest BCUT2D eigenvalue weighted by Crippen LogP contribution is -2.42. The van der Waals surface area contributed by atoms with Crippen LogP contribution in [0.15, 0.2) is 24.3 Å². The van der Waals surface area contributed by atoms with E-state index in [2.05, 4.69) is 0 Å². The van der Waals surface area contributed by atoms with Gasteiger partial charge < -0.3 is 14.4 Å². The molecule has 1 aliphatic rings. The van der Waals surface area contributed by atoms with Gasteiger partial charge in [0.05, 0.1) is 13.2 Å². The highest BCUT2D eigenvalue weighted by Gasteiger charge is 2.17. The Bertz CT molecular complexity index is 449. The first kappa shape index (κ1) is 13.5. The van der Waals surface area contributed by atoms with Crippen molar-refractivity contribution in [2.24, 2.45) is 0 Å². The summed E-state index contributed by atoms with van der Waals surface area (Å²) in [4.78, 5) is 24.7. The molecule has 19 heavy (non-hydrogen) atoms. The number of morpholine rings is 1. The summed E-state index contributed by atoms with van der Waals surface area (Å²) < 4.78 is 10.6. The monoisotopic (exact) mass is 263 g/mol. The van der Waals surface area contributed by atoms with Crippen molar-refractivity contribution in [1.29, 1.82) is 0 Å². The normalized spacial score (nSPS) is 15.1. The van der Waals surface area contributed by atoms with Crippen LogP contribution >= 0.6 is 0 Å². The molecule has 102 valence electrons. The van der Waals surface area contributed by atoms with Gasteiger partial charge in [0.2, 0.25) is 0 Å². The van der Waals surface area contributed by atoms with Gasteiger partial charge in [0.25, 0.3) is 5.91 Å². The van der Waals surface area contributed by atoms with E-state index in [1.165, 1.54) is 6.92 Å². The van der Waals surface area contributed by atoms with Crippen LogP contribution in [0.25, 0.3) is 0 Å². The first-order valence-electron chi connectivity index (χ1n) is 6.26. The molecule has 0 spiro atoms. The summed E-state index contributed by atoms with van der Waals surface area (Å²) >= 11 is 0. The standard InChI is InChI=1S/C14H17NO4/c1-11(16)12-2-4-13(5-3-12)19-10-14(17)15-6-8-18-9-7-15/h2-5H,6-10H2,1H3. The van der Waals surface area contributed by atoms with E-state index in [4.69, 9.17) is 9.47 Å². The zero-order chi connectivity index (χ0) is 13.7. The van der Waals surface area contributed by atoms with Gasteiger partial charge >= 0.3 is 0 Å². The SMILES string of the molecule is CC(=O)c1ccc(OCC(=O)N2CCOCC2)cc1. The number of Topliss-reactive ketones (excluding diaryl/α,β-unsaturated/α-hetero) is 1. The molecule has 1 saturated heterocycles. The van der Waals surface area contributed by atoms with Crippen molar-refractivity contribution in [3.8, 4) is 5.75 Å². The smallest absolute Gasteiger partial charge is 0.260 e. The fraction of sp³-hybridized carbons (Fsp3) is 0.429. The second-order valence-electron chi connectivity index (χ2n) is 4.36. The average molecular weight is 263 g/mol. The van der Waals surface area contributed by atoms with Crippen molar-refractivity contribution in [3.63, 3.8) is 0 Å². The minimum atomic E-state index is -0.0426. The molecule has 5 heteroatoms. The molecular formula is C14H17NO4. The lowest BCUT2D eigenvalue weighted by Gasteiger charge is -2.26. The Kier molecular flexibility index (Phi) is 4.52. The van der Waals surface area contributed by atoms with Crippen LogP contribution in [0.4, 0.5) is 0 Å². The number of benzene rings is 1. The number of amides is 1. The fourth-order valence-corrected chi connectivity index (χ4v) is 1.83. The number of nitrogens with zero attached hydrogens (tertiary/aromatic N) is 1. The van der Waals surface area contributed by atoms with Crippen LogP contribution in [0.2, 0.25) is 0 Å². The highest BCUT2D eigenvalue weighted by Crippen LogP contribution is 2.12. The maximum absolute atomic E-state index is 11.8. The largest absolute Gasteiger partial charge is 0.484 e. The maximum Gasteiger partial charge on any atom is 0.260 e. The van der Waals surface area contributed by atoms with E-state index >= 15 is 0 Å². The maximum atomic E-state index is 11.8. The first-order chi connectivity index (χ1) is 9.16.